The second kappa shape index (κ2) is 6.14. The zero-order valence-corrected chi connectivity index (χ0v) is 13.4. The predicted molar refractivity (Wildman–Crippen MR) is 83.8 cm³/mol. The zero-order valence-electron chi connectivity index (χ0n) is 12.6. The van der Waals surface area contributed by atoms with E-state index in [-0.39, 0.29) is 5.75 Å². The second-order valence-corrected chi connectivity index (χ2v) is 7.51. The first-order valence-electron chi connectivity index (χ1n) is 7.24. The molecular formula is C15H24N2O2S. The largest absolute Gasteiger partial charge is 0.369 e. The third-order valence-electron chi connectivity index (χ3n) is 4.01. The first-order chi connectivity index (χ1) is 9.45. The minimum Gasteiger partial charge on any atom is -0.369 e. The van der Waals surface area contributed by atoms with Gasteiger partial charge in [0.25, 0.3) is 0 Å². The highest BCUT2D eigenvalue weighted by Gasteiger charge is 2.26. The molecule has 1 aliphatic heterocycles. The van der Waals surface area contributed by atoms with E-state index in [1.165, 1.54) is 16.8 Å². The molecule has 0 atom stereocenters. The Morgan fingerprint density at radius 3 is 2.35 bits per heavy atom. The number of anilines is 1. The molecule has 0 aliphatic carbocycles. The monoisotopic (exact) mass is 296 g/mol. The number of aryl methyl sites for hydroxylation is 1. The molecule has 1 aromatic carbocycles. The van der Waals surface area contributed by atoms with Crippen molar-refractivity contribution in [3.8, 4) is 0 Å². The zero-order chi connectivity index (χ0) is 14.8. The number of piperazine rings is 1. The van der Waals surface area contributed by atoms with Crippen molar-refractivity contribution in [1.29, 1.82) is 0 Å². The summed E-state index contributed by atoms with van der Waals surface area (Å²) in [6, 6.07) is 6.30. The molecule has 0 spiro atoms. The van der Waals surface area contributed by atoms with E-state index in [1.807, 2.05) is 6.92 Å². The molecule has 0 aromatic heterocycles. The van der Waals surface area contributed by atoms with E-state index in [4.69, 9.17) is 0 Å². The van der Waals surface area contributed by atoms with Gasteiger partial charge in [-0.3, -0.25) is 0 Å². The Labute approximate surface area is 122 Å². The van der Waals surface area contributed by atoms with Crippen LogP contribution in [-0.4, -0.2) is 44.7 Å². The van der Waals surface area contributed by atoms with Crippen molar-refractivity contribution in [2.24, 2.45) is 0 Å². The second-order valence-electron chi connectivity index (χ2n) is 5.42. The van der Waals surface area contributed by atoms with E-state index in [9.17, 15) is 8.42 Å². The highest BCUT2D eigenvalue weighted by molar-refractivity contribution is 7.89. The Kier molecular flexibility index (Phi) is 4.70. The molecule has 4 nitrogen and oxygen atoms in total. The first kappa shape index (κ1) is 15.3. The summed E-state index contributed by atoms with van der Waals surface area (Å²) in [6.45, 7) is 8.88. The molecule has 1 saturated heterocycles. The highest BCUT2D eigenvalue weighted by Crippen LogP contribution is 2.24. The van der Waals surface area contributed by atoms with Crippen LogP contribution in [0, 0.1) is 13.8 Å². The molecule has 0 N–H and O–H groups in total. The number of benzene rings is 1. The van der Waals surface area contributed by atoms with Gasteiger partial charge in [-0.05, 0) is 37.5 Å². The minimum absolute atomic E-state index is 0.260. The molecule has 0 amide bonds. The van der Waals surface area contributed by atoms with Gasteiger partial charge >= 0.3 is 0 Å². The van der Waals surface area contributed by atoms with Crippen LogP contribution in [0.2, 0.25) is 0 Å². The molecule has 0 unspecified atom stereocenters. The molecule has 112 valence electrons. The topological polar surface area (TPSA) is 40.6 Å². The summed E-state index contributed by atoms with van der Waals surface area (Å²) in [4.78, 5) is 2.29. The molecule has 5 heteroatoms. The molecule has 1 aliphatic rings. The van der Waals surface area contributed by atoms with Crippen molar-refractivity contribution in [2.75, 3.05) is 36.8 Å². The van der Waals surface area contributed by atoms with Crippen molar-refractivity contribution in [2.45, 2.75) is 27.2 Å². The fourth-order valence-electron chi connectivity index (χ4n) is 2.67. The van der Waals surface area contributed by atoms with Gasteiger partial charge in [0.1, 0.15) is 0 Å². The van der Waals surface area contributed by atoms with Crippen molar-refractivity contribution in [1.82, 2.24) is 4.31 Å². The van der Waals surface area contributed by atoms with E-state index in [0.717, 1.165) is 13.1 Å². The SMILES string of the molecule is CCCS(=O)(=O)N1CCN(c2cccc(C)c2C)CC1. The number of sulfonamides is 1. The lowest BCUT2D eigenvalue weighted by Gasteiger charge is -2.36. The van der Waals surface area contributed by atoms with Crippen LogP contribution < -0.4 is 4.90 Å². The Balaban J connectivity index is 2.07. The van der Waals surface area contributed by atoms with Crippen LogP contribution in [0.3, 0.4) is 0 Å². The third-order valence-corrected chi connectivity index (χ3v) is 6.09. The van der Waals surface area contributed by atoms with Gasteiger partial charge in [-0.2, -0.15) is 4.31 Å². The first-order valence-corrected chi connectivity index (χ1v) is 8.85. The maximum atomic E-state index is 12.1. The smallest absolute Gasteiger partial charge is 0.214 e. The Bertz CT molecular complexity index is 561. The predicted octanol–water partition coefficient (Wildman–Crippen LogP) is 2.17. The number of rotatable bonds is 4. The van der Waals surface area contributed by atoms with Crippen LogP contribution in [0.5, 0.6) is 0 Å². The summed E-state index contributed by atoms with van der Waals surface area (Å²) >= 11 is 0. The van der Waals surface area contributed by atoms with Gasteiger partial charge in [0, 0.05) is 31.9 Å². The van der Waals surface area contributed by atoms with Gasteiger partial charge in [-0.15, -0.1) is 0 Å². The summed E-state index contributed by atoms with van der Waals surface area (Å²) in [5.41, 5.74) is 3.80. The average molecular weight is 296 g/mol. The maximum Gasteiger partial charge on any atom is 0.214 e. The number of hydrogen-bond donors (Lipinski definition) is 0. The summed E-state index contributed by atoms with van der Waals surface area (Å²) in [6.07, 6.45) is 0.680. The standard InChI is InChI=1S/C15H24N2O2S/c1-4-12-20(18,19)17-10-8-16(9-11-17)15-7-5-6-13(2)14(15)3/h5-7H,4,8-12H2,1-3H3. The summed E-state index contributed by atoms with van der Waals surface area (Å²) in [5, 5.41) is 0. The molecule has 0 bridgehead atoms. The lowest BCUT2D eigenvalue weighted by molar-refractivity contribution is 0.384. The molecule has 2 rings (SSSR count). The molecule has 0 saturated carbocycles. The van der Waals surface area contributed by atoms with E-state index >= 15 is 0 Å². The summed E-state index contributed by atoms with van der Waals surface area (Å²) < 4.78 is 25.8. The molecule has 1 heterocycles. The van der Waals surface area contributed by atoms with E-state index in [1.54, 1.807) is 4.31 Å². The van der Waals surface area contributed by atoms with E-state index in [2.05, 4.69) is 36.9 Å². The third kappa shape index (κ3) is 3.15. The van der Waals surface area contributed by atoms with Crippen LogP contribution in [-0.2, 0) is 10.0 Å². The normalized spacial score (nSPS) is 17.4. The average Bonchev–Trinajstić information content (AvgIpc) is 2.42. The van der Waals surface area contributed by atoms with Crippen LogP contribution in [0.4, 0.5) is 5.69 Å². The molecule has 1 aromatic rings. The minimum atomic E-state index is -3.05. The van der Waals surface area contributed by atoms with Gasteiger partial charge in [-0.25, -0.2) is 8.42 Å². The van der Waals surface area contributed by atoms with E-state index < -0.39 is 10.0 Å². The lowest BCUT2D eigenvalue weighted by atomic mass is 10.1. The quantitative estimate of drug-likeness (QED) is 0.855. The molecule has 0 radical (unpaired) electrons. The van der Waals surface area contributed by atoms with Gasteiger partial charge < -0.3 is 4.90 Å². The van der Waals surface area contributed by atoms with Crippen LogP contribution >= 0.6 is 0 Å². The van der Waals surface area contributed by atoms with Crippen LogP contribution in [0.1, 0.15) is 24.5 Å². The molecule has 1 fully saturated rings. The molecule has 20 heavy (non-hydrogen) atoms. The Hall–Kier alpha value is -1.07. The van der Waals surface area contributed by atoms with Gasteiger partial charge in [0.2, 0.25) is 10.0 Å². The molecular weight excluding hydrogens is 272 g/mol. The van der Waals surface area contributed by atoms with Crippen LogP contribution in [0.15, 0.2) is 18.2 Å². The van der Waals surface area contributed by atoms with Crippen molar-refractivity contribution in [3.05, 3.63) is 29.3 Å². The Morgan fingerprint density at radius 1 is 1.10 bits per heavy atom. The van der Waals surface area contributed by atoms with Crippen molar-refractivity contribution < 1.29 is 8.42 Å². The summed E-state index contributed by atoms with van der Waals surface area (Å²) in [7, 11) is -3.05. The Morgan fingerprint density at radius 2 is 1.75 bits per heavy atom. The van der Waals surface area contributed by atoms with E-state index in [0.29, 0.717) is 19.5 Å². The maximum absolute atomic E-state index is 12.1. The fraction of sp³-hybridized carbons (Fsp3) is 0.600. The highest BCUT2D eigenvalue weighted by atomic mass is 32.2. The van der Waals surface area contributed by atoms with Crippen molar-refractivity contribution >= 4 is 15.7 Å². The lowest BCUT2D eigenvalue weighted by Crippen LogP contribution is -2.49. The van der Waals surface area contributed by atoms with Gasteiger partial charge in [-0.1, -0.05) is 19.1 Å². The van der Waals surface area contributed by atoms with Crippen LogP contribution in [0.25, 0.3) is 0 Å². The van der Waals surface area contributed by atoms with Crippen molar-refractivity contribution in [3.63, 3.8) is 0 Å². The summed E-state index contributed by atoms with van der Waals surface area (Å²) in [5.74, 6) is 0.260. The fourth-order valence-corrected chi connectivity index (χ4v) is 4.17. The van der Waals surface area contributed by atoms with Gasteiger partial charge in [0.15, 0.2) is 0 Å². The number of nitrogens with zero attached hydrogens (tertiary/aromatic N) is 2. The number of hydrogen-bond acceptors (Lipinski definition) is 3. The van der Waals surface area contributed by atoms with Gasteiger partial charge in [0.05, 0.1) is 5.75 Å².